The summed E-state index contributed by atoms with van der Waals surface area (Å²) in [6, 6.07) is 8.67. The monoisotopic (exact) mass is 474 g/mol. The van der Waals surface area contributed by atoms with Gasteiger partial charge in [0.2, 0.25) is 15.0 Å². The molecule has 1 atom stereocenters. The molecule has 1 aromatic heterocycles. The van der Waals surface area contributed by atoms with E-state index in [1.54, 1.807) is 13.8 Å². The third-order valence-electron chi connectivity index (χ3n) is 5.40. The van der Waals surface area contributed by atoms with Crippen LogP contribution in [0.4, 0.5) is 10.1 Å². The Bertz CT molecular complexity index is 1250. The van der Waals surface area contributed by atoms with Crippen molar-refractivity contribution in [1.29, 1.82) is 0 Å². The van der Waals surface area contributed by atoms with E-state index in [0.29, 0.717) is 46.1 Å². The molecule has 32 heavy (non-hydrogen) atoms. The lowest BCUT2D eigenvalue weighted by molar-refractivity contribution is 0.102. The van der Waals surface area contributed by atoms with Gasteiger partial charge >= 0.3 is 0 Å². The van der Waals surface area contributed by atoms with Gasteiger partial charge in [0.05, 0.1) is 10.9 Å². The van der Waals surface area contributed by atoms with Gasteiger partial charge < -0.3 is 5.32 Å². The average Bonchev–Trinajstić information content (AvgIpc) is 3.38. The van der Waals surface area contributed by atoms with Crippen molar-refractivity contribution in [2.75, 3.05) is 11.9 Å². The Morgan fingerprint density at radius 2 is 1.78 bits per heavy atom. The maximum atomic E-state index is 13.6. The summed E-state index contributed by atoms with van der Waals surface area (Å²) in [6.45, 7) is 5.94. The van der Waals surface area contributed by atoms with Crippen molar-refractivity contribution in [3.8, 4) is 0 Å². The van der Waals surface area contributed by atoms with E-state index in [-0.39, 0.29) is 5.01 Å². The van der Waals surface area contributed by atoms with Crippen molar-refractivity contribution >= 4 is 33.0 Å². The molecule has 1 N–H and O–H groups in total. The summed E-state index contributed by atoms with van der Waals surface area (Å²) in [7, 11) is -3.74. The van der Waals surface area contributed by atoms with Crippen molar-refractivity contribution in [3.63, 3.8) is 0 Å². The second-order valence-corrected chi connectivity index (χ2v) is 10.7. The van der Waals surface area contributed by atoms with Crippen molar-refractivity contribution in [3.05, 3.63) is 68.9 Å². The van der Waals surface area contributed by atoms with Gasteiger partial charge in [-0.3, -0.25) is 4.79 Å². The molecule has 1 aliphatic heterocycles. The number of halogens is 1. The van der Waals surface area contributed by atoms with Crippen LogP contribution in [-0.2, 0) is 10.0 Å². The summed E-state index contributed by atoms with van der Waals surface area (Å²) in [5.74, 6) is -0.874. The molecule has 0 saturated carbocycles. The van der Waals surface area contributed by atoms with Crippen molar-refractivity contribution < 1.29 is 17.6 Å². The molecule has 0 radical (unpaired) electrons. The van der Waals surface area contributed by atoms with E-state index < -0.39 is 27.8 Å². The van der Waals surface area contributed by atoms with E-state index >= 15 is 0 Å². The van der Waals surface area contributed by atoms with Crippen molar-refractivity contribution in [2.45, 2.75) is 44.6 Å². The van der Waals surface area contributed by atoms with Gasteiger partial charge in [0.1, 0.15) is 10.8 Å². The predicted molar refractivity (Wildman–Crippen MR) is 121 cm³/mol. The highest BCUT2D eigenvalue weighted by molar-refractivity contribution is 7.89. The molecule has 0 spiro atoms. The molecule has 10 heteroatoms. The molecule has 1 unspecified atom stereocenters. The first-order valence-electron chi connectivity index (χ1n) is 10.2. The minimum atomic E-state index is -3.74. The zero-order valence-corrected chi connectivity index (χ0v) is 19.6. The lowest BCUT2D eigenvalue weighted by Crippen LogP contribution is -2.31. The van der Waals surface area contributed by atoms with E-state index in [4.69, 9.17) is 0 Å². The zero-order chi connectivity index (χ0) is 23.0. The van der Waals surface area contributed by atoms with E-state index in [2.05, 4.69) is 15.5 Å². The summed E-state index contributed by atoms with van der Waals surface area (Å²) in [6.07, 6.45) is 1.31. The Morgan fingerprint density at radius 3 is 2.44 bits per heavy atom. The first kappa shape index (κ1) is 22.5. The first-order chi connectivity index (χ1) is 15.2. The number of sulfonamides is 1. The standard InChI is InChI=1S/C22H23FN4O3S2/c1-13-11-14(2)19(15(3)12-13)32(29,30)27-10-4-5-18(27)21-25-26-22(31-21)20(28)24-17-8-6-16(23)7-9-17/h6-9,11-12,18H,4-5,10H2,1-3H3,(H,24,28). The normalized spacial score (nSPS) is 16.9. The Labute approximate surface area is 190 Å². The summed E-state index contributed by atoms with van der Waals surface area (Å²) < 4.78 is 41.6. The van der Waals surface area contributed by atoms with Gasteiger partial charge in [-0.1, -0.05) is 29.0 Å². The van der Waals surface area contributed by atoms with Gasteiger partial charge in [-0.05, 0) is 69.0 Å². The Hall–Kier alpha value is -2.69. The van der Waals surface area contributed by atoms with Crippen LogP contribution in [0.2, 0.25) is 0 Å². The van der Waals surface area contributed by atoms with Crippen LogP contribution in [0.5, 0.6) is 0 Å². The number of amides is 1. The molecule has 2 aromatic carbocycles. The molecule has 1 amide bonds. The average molecular weight is 475 g/mol. The second kappa shape index (κ2) is 8.68. The number of nitrogens with one attached hydrogen (secondary N) is 1. The number of nitrogens with zero attached hydrogens (tertiary/aromatic N) is 3. The summed E-state index contributed by atoms with van der Waals surface area (Å²) >= 11 is 1.07. The van der Waals surface area contributed by atoms with E-state index in [1.165, 1.54) is 28.6 Å². The summed E-state index contributed by atoms with van der Waals surface area (Å²) in [5.41, 5.74) is 2.87. The lowest BCUT2D eigenvalue weighted by Gasteiger charge is -2.24. The second-order valence-electron chi connectivity index (χ2n) is 7.91. The quantitative estimate of drug-likeness (QED) is 0.592. The topological polar surface area (TPSA) is 92.3 Å². The molecule has 168 valence electrons. The molecule has 7 nitrogen and oxygen atoms in total. The summed E-state index contributed by atoms with van der Waals surface area (Å²) in [4.78, 5) is 12.8. The van der Waals surface area contributed by atoms with Crippen molar-refractivity contribution in [1.82, 2.24) is 14.5 Å². The fourth-order valence-corrected chi connectivity index (χ4v) is 7.17. The van der Waals surface area contributed by atoms with E-state index in [1.807, 2.05) is 19.1 Å². The van der Waals surface area contributed by atoms with Crippen LogP contribution in [0, 0.1) is 26.6 Å². The number of anilines is 1. The number of hydrogen-bond donors (Lipinski definition) is 1. The van der Waals surface area contributed by atoms with Crippen LogP contribution in [0.1, 0.15) is 50.4 Å². The first-order valence-corrected chi connectivity index (χ1v) is 12.4. The van der Waals surface area contributed by atoms with E-state index in [0.717, 1.165) is 16.9 Å². The molecule has 1 saturated heterocycles. The van der Waals surface area contributed by atoms with Crippen LogP contribution >= 0.6 is 11.3 Å². The highest BCUT2D eigenvalue weighted by Gasteiger charge is 2.39. The number of carbonyl (C=O) groups is 1. The molecule has 0 aliphatic carbocycles. The van der Waals surface area contributed by atoms with Crippen LogP contribution in [0.3, 0.4) is 0 Å². The van der Waals surface area contributed by atoms with Gasteiger partial charge in [-0.2, -0.15) is 4.31 Å². The fourth-order valence-electron chi connectivity index (χ4n) is 4.14. The smallest absolute Gasteiger partial charge is 0.286 e. The summed E-state index contributed by atoms with van der Waals surface area (Å²) in [5, 5.41) is 11.4. The number of rotatable bonds is 5. The number of aromatic nitrogens is 2. The van der Waals surface area contributed by atoms with Crippen LogP contribution < -0.4 is 5.32 Å². The third-order valence-corrected chi connectivity index (χ3v) is 8.63. The lowest BCUT2D eigenvalue weighted by atomic mass is 10.1. The molecule has 0 bridgehead atoms. The number of hydrogen-bond acceptors (Lipinski definition) is 6. The van der Waals surface area contributed by atoms with Gasteiger partial charge in [0, 0.05) is 12.2 Å². The molecule has 3 aromatic rings. The Balaban J connectivity index is 1.59. The molecule has 2 heterocycles. The molecular weight excluding hydrogens is 451 g/mol. The van der Waals surface area contributed by atoms with Crippen LogP contribution in [-0.4, -0.2) is 35.4 Å². The van der Waals surface area contributed by atoms with E-state index in [9.17, 15) is 17.6 Å². The molecule has 4 rings (SSSR count). The highest BCUT2D eigenvalue weighted by atomic mass is 32.2. The minimum absolute atomic E-state index is 0.122. The largest absolute Gasteiger partial charge is 0.320 e. The molecule has 1 aliphatic rings. The maximum Gasteiger partial charge on any atom is 0.286 e. The fraction of sp³-hybridized carbons (Fsp3) is 0.318. The SMILES string of the molecule is Cc1cc(C)c(S(=O)(=O)N2CCCC2c2nnc(C(=O)Nc3ccc(F)cc3)s2)c(C)c1. The predicted octanol–water partition coefficient (Wildman–Crippen LogP) is 4.38. The number of carbonyl (C=O) groups excluding carboxylic acids is 1. The van der Waals surface area contributed by atoms with Crippen molar-refractivity contribution in [2.24, 2.45) is 0 Å². The maximum absolute atomic E-state index is 13.6. The molecule has 1 fully saturated rings. The number of benzene rings is 2. The zero-order valence-electron chi connectivity index (χ0n) is 17.9. The number of aryl methyl sites for hydroxylation is 3. The highest BCUT2D eigenvalue weighted by Crippen LogP contribution is 2.39. The van der Waals surface area contributed by atoms with Crippen LogP contribution in [0.15, 0.2) is 41.3 Å². The van der Waals surface area contributed by atoms with Crippen LogP contribution in [0.25, 0.3) is 0 Å². The van der Waals surface area contributed by atoms with Gasteiger partial charge in [0.15, 0.2) is 0 Å². The Morgan fingerprint density at radius 1 is 1.12 bits per heavy atom. The van der Waals surface area contributed by atoms with Gasteiger partial charge in [-0.15, -0.1) is 10.2 Å². The Kier molecular flexibility index (Phi) is 6.11. The molecular formula is C22H23FN4O3S2. The van der Waals surface area contributed by atoms with Gasteiger partial charge in [0.25, 0.3) is 5.91 Å². The minimum Gasteiger partial charge on any atom is -0.320 e. The van der Waals surface area contributed by atoms with Gasteiger partial charge in [-0.25, -0.2) is 12.8 Å². The third kappa shape index (κ3) is 4.30.